The maximum atomic E-state index is 13.2. The molecule has 0 aliphatic rings. The Balaban J connectivity index is 2.92. The number of thioether (sulfide) groups is 1. The minimum atomic E-state index is -0.934. The van der Waals surface area contributed by atoms with E-state index in [4.69, 9.17) is 10.5 Å². The summed E-state index contributed by atoms with van der Waals surface area (Å²) in [5.74, 6) is -1.70. The van der Waals surface area contributed by atoms with Gasteiger partial charge in [-0.05, 0) is 55.1 Å². The van der Waals surface area contributed by atoms with E-state index in [2.05, 4.69) is 21.3 Å². The molecule has 6 N–H and O–H groups in total. The van der Waals surface area contributed by atoms with Gasteiger partial charge in [0, 0.05) is 18.7 Å². The van der Waals surface area contributed by atoms with Crippen LogP contribution in [0.25, 0.3) is 0 Å². The van der Waals surface area contributed by atoms with Crippen LogP contribution in [0.2, 0.25) is 0 Å². The van der Waals surface area contributed by atoms with Crippen molar-refractivity contribution in [3.63, 3.8) is 0 Å². The quantitative estimate of drug-likeness (QED) is 0.157. The Kier molecular flexibility index (Phi) is 14.5. The Morgan fingerprint density at radius 3 is 2.12 bits per heavy atom. The second-order valence-corrected chi connectivity index (χ2v) is 12.4. The molecule has 0 bridgehead atoms. The lowest BCUT2D eigenvalue weighted by atomic mass is 9.91. The van der Waals surface area contributed by atoms with Gasteiger partial charge >= 0.3 is 12.0 Å². The molecular weight excluding hydrogens is 534 g/mol. The number of nitrogens with two attached hydrogens (primary N) is 1. The third-order valence-corrected chi connectivity index (χ3v) is 6.75. The molecule has 1 aromatic rings. The van der Waals surface area contributed by atoms with E-state index >= 15 is 0 Å². The van der Waals surface area contributed by atoms with Crippen molar-refractivity contribution in [2.75, 3.05) is 18.1 Å². The Labute approximate surface area is 241 Å². The van der Waals surface area contributed by atoms with Crippen LogP contribution in [-0.2, 0) is 30.5 Å². The average Bonchev–Trinajstić information content (AvgIpc) is 2.86. The number of ether oxygens (including phenoxy) is 1. The summed E-state index contributed by atoms with van der Waals surface area (Å²) in [5, 5.41) is 10.6. The highest BCUT2D eigenvalue weighted by Gasteiger charge is 2.29. The fraction of sp³-hybridized carbons (Fsp3) is 0.607. The number of anilines is 1. The number of carbonyl (C=O) groups is 5. The van der Waals surface area contributed by atoms with Crippen LogP contribution in [0.5, 0.6) is 0 Å². The number of hydrogen-bond acceptors (Lipinski definition) is 7. The maximum absolute atomic E-state index is 13.2. The number of primary amides is 1. The van der Waals surface area contributed by atoms with Crippen molar-refractivity contribution in [1.82, 2.24) is 16.0 Å². The number of carbonyl (C=O) groups excluding carboxylic acids is 5. The summed E-state index contributed by atoms with van der Waals surface area (Å²) in [6.45, 7) is 11.5. The molecule has 0 fully saturated rings. The molecule has 5 amide bonds. The van der Waals surface area contributed by atoms with Gasteiger partial charge in [-0.15, -0.1) is 0 Å². The molecule has 0 spiro atoms. The first kappa shape index (κ1) is 34.7. The zero-order valence-electron chi connectivity index (χ0n) is 24.6. The van der Waals surface area contributed by atoms with Crippen LogP contribution < -0.4 is 27.0 Å². The molecule has 40 heavy (non-hydrogen) atoms. The van der Waals surface area contributed by atoms with Gasteiger partial charge in [-0.2, -0.15) is 11.8 Å². The molecule has 0 aromatic heterocycles. The lowest BCUT2D eigenvalue weighted by molar-refractivity contribution is -0.144. The Hall–Kier alpha value is -3.28. The van der Waals surface area contributed by atoms with Crippen LogP contribution in [0.3, 0.4) is 0 Å². The zero-order valence-corrected chi connectivity index (χ0v) is 25.4. The number of amides is 5. The highest BCUT2D eigenvalue weighted by atomic mass is 32.2. The first-order chi connectivity index (χ1) is 18.6. The van der Waals surface area contributed by atoms with Crippen LogP contribution in [-0.4, -0.2) is 59.9 Å². The van der Waals surface area contributed by atoms with Crippen molar-refractivity contribution in [3.05, 3.63) is 29.8 Å². The molecule has 1 rings (SSSR count). The second-order valence-electron chi connectivity index (χ2n) is 11.2. The highest BCUT2D eigenvalue weighted by molar-refractivity contribution is 7.99. The van der Waals surface area contributed by atoms with E-state index in [9.17, 15) is 24.0 Å². The van der Waals surface area contributed by atoms with Crippen LogP contribution in [0, 0.1) is 11.3 Å². The smallest absolute Gasteiger partial charge is 0.319 e. The SMILES string of the molecule is CSC(C)C(=O)OCc1ccc(NC(=O)[C@H](CCCNC(N)=O)NC(=O)[C@@H](NC(=O)CC(C)(C)C)C(C)C)cc1. The molecule has 1 unspecified atom stereocenters. The van der Waals surface area contributed by atoms with E-state index in [1.807, 2.05) is 40.9 Å². The third-order valence-electron chi connectivity index (χ3n) is 5.85. The van der Waals surface area contributed by atoms with Gasteiger partial charge in [0.25, 0.3) is 0 Å². The molecule has 12 heteroatoms. The topological polar surface area (TPSA) is 169 Å². The van der Waals surface area contributed by atoms with Crippen molar-refractivity contribution in [2.45, 2.75) is 84.7 Å². The molecule has 0 aliphatic carbocycles. The van der Waals surface area contributed by atoms with Crippen molar-refractivity contribution in [1.29, 1.82) is 0 Å². The fourth-order valence-corrected chi connectivity index (χ4v) is 3.83. The van der Waals surface area contributed by atoms with Crippen LogP contribution in [0.1, 0.15) is 66.4 Å². The summed E-state index contributed by atoms with van der Waals surface area (Å²) in [6, 6.07) is 4.38. The molecule has 224 valence electrons. The number of hydrogen-bond donors (Lipinski definition) is 5. The third kappa shape index (κ3) is 13.7. The van der Waals surface area contributed by atoms with Gasteiger partial charge in [-0.1, -0.05) is 46.8 Å². The molecule has 0 saturated heterocycles. The molecule has 0 aliphatic heterocycles. The van der Waals surface area contributed by atoms with E-state index in [0.29, 0.717) is 12.1 Å². The average molecular weight is 580 g/mol. The normalized spacial score (nSPS) is 13.5. The van der Waals surface area contributed by atoms with E-state index < -0.39 is 29.9 Å². The predicted molar refractivity (Wildman–Crippen MR) is 157 cm³/mol. The standard InChI is InChI=1S/C28H45N5O6S/c1-17(2)23(33-22(34)15-28(4,5)6)25(36)32-21(9-8-14-30-27(29)38)24(35)31-20-12-10-19(11-13-20)16-39-26(37)18(3)40-7/h10-13,17-18,21,23H,8-9,14-16H2,1-7H3,(H,31,35)(H,32,36)(H,33,34)(H3,29,30,38)/t18?,21-,23-/m0/s1. The maximum Gasteiger partial charge on any atom is 0.319 e. The molecule has 3 atom stereocenters. The molecular formula is C28H45N5O6S. The molecule has 11 nitrogen and oxygen atoms in total. The van der Waals surface area contributed by atoms with Crippen molar-refractivity contribution >= 4 is 47.2 Å². The van der Waals surface area contributed by atoms with Gasteiger partial charge in [0.2, 0.25) is 17.7 Å². The summed E-state index contributed by atoms with van der Waals surface area (Å²) in [7, 11) is 0. The summed E-state index contributed by atoms with van der Waals surface area (Å²) in [5.41, 5.74) is 6.12. The molecule has 0 saturated carbocycles. The Morgan fingerprint density at radius 1 is 0.975 bits per heavy atom. The van der Waals surface area contributed by atoms with Crippen molar-refractivity contribution in [2.24, 2.45) is 17.1 Å². The number of rotatable bonds is 15. The predicted octanol–water partition coefficient (Wildman–Crippen LogP) is 2.93. The minimum Gasteiger partial charge on any atom is -0.460 e. The van der Waals surface area contributed by atoms with Crippen molar-refractivity contribution in [3.8, 4) is 0 Å². The van der Waals surface area contributed by atoms with E-state index in [1.165, 1.54) is 11.8 Å². The summed E-state index contributed by atoms with van der Waals surface area (Å²) < 4.78 is 5.29. The van der Waals surface area contributed by atoms with E-state index in [-0.39, 0.29) is 54.5 Å². The van der Waals surface area contributed by atoms with Crippen LogP contribution in [0.4, 0.5) is 10.5 Å². The number of esters is 1. The molecule has 0 heterocycles. The van der Waals surface area contributed by atoms with Gasteiger partial charge < -0.3 is 31.7 Å². The van der Waals surface area contributed by atoms with E-state index in [0.717, 1.165) is 5.56 Å². The summed E-state index contributed by atoms with van der Waals surface area (Å²) in [4.78, 5) is 61.8. The van der Waals surface area contributed by atoms with Gasteiger partial charge in [0.05, 0.1) is 5.25 Å². The van der Waals surface area contributed by atoms with Crippen LogP contribution >= 0.6 is 11.8 Å². The molecule has 1 aromatic carbocycles. The van der Waals surface area contributed by atoms with E-state index in [1.54, 1.807) is 31.2 Å². The first-order valence-electron chi connectivity index (χ1n) is 13.3. The second kappa shape index (κ2) is 16.7. The van der Waals surface area contributed by atoms with Crippen molar-refractivity contribution < 1.29 is 28.7 Å². The van der Waals surface area contributed by atoms with Gasteiger partial charge in [0.15, 0.2) is 0 Å². The first-order valence-corrected chi connectivity index (χ1v) is 14.6. The number of benzene rings is 1. The van der Waals surface area contributed by atoms with Gasteiger partial charge in [-0.3, -0.25) is 19.2 Å². The number of urea groups is 1. The van der Waals surface area contributed by atoms with Gasteiger partial charge in [-0.25, -0.2) is 4.79 Å². The molecule has 0 radical (unpaired) electrons. The van der Waals surface area contributed by atoms with Gasteiger partial charge in [0.1, 0.15) is 18.7 Å². The summed E-state index contributed by atoms with van der Waals surface area (Å²) in [6.07, 6.45) is 2.68. The monoisotopic (exact) mass is 579 g/mol. The number of nitrogens with one attached hydrogen (secondary N) is 4. The Bertz CT molecular complexity index is 1010. The zero-order chi connectivity index (χ0) is 30.5. The highest BCUT2D eigenvalue weighted by Crippen LogP contribution is 2.19. The fourth-order valence-electron chi connectivity index (χ4n) is 3.57. The minimum absolute atomic E-state index is 0.112. The lowest BCUT2D eigenvalue weighted by Gasteiger charge is -2.27. The Morgan fingerprint density at radius 2 is 1.60 bits per heavy atom. The van der Waals surface area contributed by atoms with Crippen LogP contribution in [0.15, 0.2) is 24.3 Å². The largest absolute Gasteiger partial charge is 0.460 e. The lowest BCUT2D eigenvalue weighted by Crippen LogP contribution is -2.54. The summed E-state index contributed by atoms with van der Waals surface area (Å²) >= 11 is 1.40.